The van der Waals surface area contributed by atoms with E-state index in [2.05, 4.69) is 18.7 Å². The fourth-order valence-electron chi connectivity index (χ4n) is 2.24. The Kier molecular flexibility index (Phi) is 6.91. The summed E-state index contributed by atoms with van der Waals surface area (Å²) in [6, 6.07) is 5.57. The van der Waals surface area contributed by atoms with Crippen LogP contribution in [0.2, 0.25) is 0 Å². The molecule has 1 aromatic carbocycles. The second kappa shape index (κ2) is 8.20. The highest BCUT2D eigenvalue weighted by Gasteiger charge is 2.17. The zero-order valence-corrected chi connectivity index (χ0v) is 12.1. The summed E-state index contributed by atoms with van der Waals surface area (Å²) in [5.41, 5.74) is 1.50. The van der Waals surface area contributed by atoms with Crippen LogP contribution in [0.5, 0.6) is 5.75 Å². The third kappa shape index (κ3) is 4.86. The van der Waals surface area contributed by atoms with Crippen LogP contribution < -0.4 is 10.2 Å². The third-order valence-electron chi connectivity index (χ3n) is 3.06. The molecule has 1 aromatic rings. The van der Waals surface area contributed by atoms with E-state index >= 15 is 0 Å². The molecule has 0 fully saturated rings. The second-order valence-electron chi connectivity index (χ2n) is 4.73. The summed E-state index contributed by atoms with van der Waals surface area (Å²) in [5.74, 6) is 0.510. The Morgan fingerprint density at radius 1 is 1.16 bits per heavy atom. The van der Waals surface area contributed by atoms with E-state index in [0.717, 1.165) is 38.0 Å². The highest BCUT2D eigenvalue weighted by Crippen LogP contribution is 2.12. The van der Waals surface area contributed by atoms with Crippen molar-refractivity contribution >= 4 is 12.6 Å². The molecule has 0 spiro atoms. The van der Waals surface area contributed by atoms with Crippen molar-refractivity contribution in [1.29, 1.82) is 0 Å². The molecule has 0 saturated heterocycles. The summed E-state index contributed by atoms with van der Waals surface area (Å²) in [4.78, 5) is 2.37. The number of hydrogen-bond acceptors (Lipinski definition) is 4. The molecule has 0 unspecified atom stereocenters. The van der Waals surface area contributed by atoms with Gasteiger partial charge in [0.15, 0.2) is 0 Å². The summed E-state index contributed by atoms with van der Waals surface area (Å²) in [7, 11) is 0.0298. The van der Waals surface area contributed by atoms with E-state index in [-0.39, 0.29) is 0 Å². The average molecular weight is 265 g/mol. The Balaban J connectivity index is 2.85. The number of benzene rings is 1. The van der Waals surface area contributed by atoms with Gasteiger partial charge in [0.2, 0.25) is 0 Å². The Hall–Kier alpha value is -1.04. The molecule has 0 saturated carbocycles. The first-order valence-electron chi connectivity index (χ1n) is 6.87. The minimum atomic E-state index is -1.50. The van der Waals surface area contributed by atoms with E-state index in [1.165, 1.54) is 7.11 Å². The number of nitrogens with zero attached hydrogens (tertiary/aromatic N) is 1. The maximum absolute atomic E-state index is 9.36. The highest BCUT2D eigenvalue weighted by molar-refractivity contribution is 6.59. The molecule has 0 heterocycles. The van der Waals surface area contributed by atoms with Crippen molar-refractivity contribution in [3.63, 3.8) is 0 Å². The maximum Gasteiger partial charge on any atom is 0.492 e. The molecule has 0 aliphatic heterocycles. The molecule has 5 heteroatoms. The van der Waals surface area contributed by atoms with Crippen molar-refractivity contribution in [3.8, 4) is 5.75 Å². The lowest BCUT2D eigenvalue weighted by Gasteiger charge is -2.21. The number of ether oxygens (including phenoxy) is 1. The fraction of sp³-hybridized carbons (Fsp3) is 0.571. The molecule has 0 radical (unpaired) electrons. The van der Waals surface area contributed by atoms with Gasteiger partial charge in [0.25, 0.3) is 0 Å². The molecule has 2 N–H and O–H groups in total. The van der Waals surface area contributed by atoms with Gasteiger partial charge in [0, 0.05) is 12.0 Å². The smallest absolute Gasteiger partial charge is 0.492 e. The van der Waals surface area contributed by atoms with Crippen LogP contribution in [0.1, 0.15) is 32.3 Å². The van der Waals surface area contributed by atoms with E-state index in [4.69, 9.17) is 4.74 Å². The van der Waals surface area contributed by atoms with E-state index < -0.39 is 7.12 Å². The molecular weight excluding hydrogens is 241 g/mol. The second-order valence-corrected chi connectivity index (χ2v) is 4.73. The van der Waals surface area contributed by atoms with E-state index in [1.807, 2.05) is 12.1 Å². The van der Waals surface area contributed by atoms with Gasteiger partial charge in [-0.3, -0.25) is 4.90 Å². The molecule has 0 amide bonds. The van der Waals surface area contributed by atoms with Gasteiger partial charge < -0.3 is 14.8 Å². The minimum Gasteiger partial charge on any atom is -0.497 e. The van der Waals surface area contributed by atoms with Gasteiger partial charge in [-0.25, -0.2) is 0 Å². The molecule has 0 bridgehead atoms. The third-order valence-corrected chi connectivity index (χ3v) is 3.06. The molecule has 4 nitrogen and oxygen atoms in total. The monoisotopic (exact) mass is 265 g/mol. The molecule has 1 rings (SSSR count). The Morgan fingerprint density at radius 3 is 2.26 bits per heavy atom. The predicted molar refractivity (Wildman–Crippen MR) is 78.7 cm³/mol. The zero-order valence-electron chi connectivity index (χ0n) is 12.1. The molecule has 106 valence electrons. The summed E-state index contributed by atoms with van der Waals surface area (Å²) >= 11 is 0. The van der Waals surface area contributed by atoms with Crippen molar-refractivity contribution in [3.05, 3.63) is 23.8 Å². The van der Waals surface area contributed by atoms with Gasteiger partial charge in [-0.1, -0.05) is 26.0 Å². The van der Waals surface area contributed by atoms with Crippen LogP contribution >= 0.6 is 0 Å². The minimum absolute atomic E-state index is 0.424. The Labute approximate surface area is 116 Å². The van der Waals surface area contributed by atoms with Crippen LogP contribution in [-0.4, -0.2) is 42.3 Å². The van der Waals surface area contributed by atoms with Crippen LogP contribution in [0, 0.1) is 0 Å². The van der Waals surface area contributed by atoms with E-state index in [1.54, 1.807) is 6.07 Å². The molecule has 0 atom stereocenters. The molecule has 19 heavy (non-hydrogen) atoms. The van der Waals surface area contributed by atoms with Crippen LogP contribution in [-0.2, 0) is 6.54 Å². The lowest BCUT2D eigenvalue weighted by atomic mass is 9.78. The summed E-state index contributed by atoms with van der Waals surface area (Å²) in [6.45, 7) is 7.26. The molecular formula is C14H24BNO3. The SMILES string of the molecule is CCCN(CCC)Cc1ccc(OC)c(B(O)O)c1. The van der Waals surface area contributed by atoms with Crippen LogP contribution in [0.15, 0.2) is 18.2 Å². The Bertz CT molecular complexity index is 379. The van der Waals surface area contributed by atoms with Gasteiger partial charge in [-0.2, -0.15) is 0 Å². The van der Waals surface area contributed by atoms with Gasteiger partial charge in [0.1, 0.15) is 5.75 Å². The highest BCUT2D eigenvalue weighted by atomic mass is 16.5. The lowest BCUT2D eigenvalue weighted by molar-refractivity contribution is 0.266. The van der Waals surface area contributed by atoms with Gasteiger partial charge in [-0.15, -0.1) is 0 Å². The lowest BCUT2D eigenvalue weighted by Crippen LogP contribution is -2.32. The number of hydrogen-bond donors (Lipinski definition) is 2. The van der Waals surface area contributed by atoms with Crippen molar-refractivity contribution < 1.29 is 14.8 Å². The van der Waals surface area contributed by atoms with Crippen molar-refractivity contribution in [1.82, 2.24) is 4.90 Å². The van der Waals surface area contributed by atoms with Crippen LogP contribution in [0.3, 0.4) is 0 Å². The van der Waals surface area contributed by atoms with Gasteiger partial charge in [0.05, 0.1) is 7.11 Å². The quantitative estimate of drug-likeness (QED) is 0.688. The predicted octanol–water partition coefficient (Wildman–Crippen LogP) is 0.997. The van der Waals surface area contributed by atoms with Gasteiger partial charge >= 0.3 is 7.12 Å². The average Bonchev–Trinajstić information content (AvgIpc) is 2.39. The number of methoxy groups -OCH3 is 1. The largest absolute Gasteiger partial charge is 0.497 e. The van der Waals surface area contributed by atoms with Crippen LogP contribution in [0.25, 0.3) is 0 Å². The van der Waals surface area contributed by atoms with Crippen LogP contribution in [0.4, 0.5) is 0 Å². The first kappa shape index (κ1) is 16.0. The molecule has 0 aliphatic rings. The maximum atomic E-state index is 9.36. The van der Waals surface area contributed by atoms with Crippen molar-refractivity contribution in [2.45, 2.75) is 33.2 Å². The van der Waals surface area contributed by atoms with Crippen molar-refractivity contribution in [2.24, 2.45) is 0 Å². The number of rotatable bonds is 8. The van der Waals surface area contributed by atoms with E-state index in [0.29, 0.717) is 11.2 Å². The molecule has 0 aromatic heterocycles. The zero-order chi connectivity index (χ0) is 14.3. The summed E-state index contributed by atoms with van der Waals surface area (Å²) in [5, 5.41) is 18.7. The van der Waals surface area contributed by atoms with Gasteiger partial charge in [-0.05, 0) is 37.6 Å². The topological polar surface area (TPSA) is 52.9 Å². The summed E-state index contributed by atoms with van der Waals surface area (Å²) < 4.78 is 5.13. The fourth-order valence-corrected chi connectivity index (χ4v) is 2.24. The normalized spacial score (nSPS) is 10.8. The summed E-state index contributed by atoms with van der Waals surface area (Å²) in [6.07, 6.45) is 2.23. The van der Waals surface area contributed by atoms with E-state index in [9.17, 15) is 10.0 Å². The Morgan fingerprint density at radius 2 is 1.79 bits per heavy atom. The first-order chi connectivity index (χ1) is 9.12. The standard InChI is InChI=1S/C14H24BNO3/c1-4-8-16(9-5-2)11-12-6-7-14(19-3)13(10-12)15(17)18/h6-7,10,17-18H,4-5,8-9,11H2,1-3H3. The first-order valence-corrected chi connectivity index (χ1v) is 6.87. The van der Waals surface area contributed by atoms with Crippen molar-refractivity contribution in [2.75, 3.05) is 20.2 Å². The molecule has 0 aliphatic carbocycles.